The van der Waals surface area contributed by atoms with E-state index in [2.05, 4.69) is 10.3 Å². The highest BCUT2D eigenvalue weighted by atomic mass is 19.4. The summed E-state index contributed by atoms with van der Waals surface area (Å²) in [5.74, 6) is 0. The van der Waals surface area contributed by atoms with Crippen LogP contribution >= 0.6 is 0 Å². The molecule has 1 aromatic rings. The van der Waals surface area contributed by atoms with Crippen LogP contribution < -0.4 is 5.32 Å². The first-order valence-corrected chi connectivity index (χ1v) is 7.26. The van der Waals surface area contributed by atoms with Crippen molar-refractivity contribution in [2.75, 3.05) is 6.54 Å². The molecule has 0 aromatic carbocycles. The first-order chi connectivity index (χ1) is 9.49. The van der Waals surface area contributed by atoms with Crippen molar-refractivity contribution in [2.45, 2.75) is 57.2 Å². The van der Waals surface area contributed by atoms with E-state index in [4.69, 9.17) is 0 Å². The number of pyridine rings is 1. The monoisotopic (exact) mass is 286 g/mol. The van der Waals surface area contributed by atoms with Gasteiger partial charge in [0.1, 0.15) is 0 Å². The molecular formula is C15H21F3N2. The largest absolute Gasteiger partial charge is 0.416 e. The lowest BCUT2D eigenvalue weighted by Crippen LogP contribution is -2.43. The van der Waals surface area contributed by atoms with Gasteiger partial charge in [0.15, 0.2) is 0 Å². The Kier molecular flexibility index (Phi) is 4.68. The van der Waals surface area contributed by atoms with E-state index in [0.717, 1.165) is 44.7 Å². The number of nitrogens with zero attached hydrogens (tertiary/aromatic N) is 1. The Bertz CT molecular complexity index is 435. The highest BCUT2D eigenvalue weighted by Crippen LogP contribution is 2.41. The Balaban J connectivity index is 2.48. The highest BCUT2D eigenvalue weighted by Gasteiger charge is 2.41. The molecule has 1 aromatic heterocycles. The quantitative estimate of drug-likeness (QED) is 0.898. The zero-order chi connectivity index (χ0) is 14.6. The summed E-state index contributed by atoms with van der Waals surface area (Å²) in [6.07, 6.45) is 3.65. The van der Waals surface area contributed by atoms with Gasteiger partial charge >= 0.3 is 6.18 Å². The molecule has 0 radical (unpaired) electrons. The van der Waals surface area contributed by atoms with Gasteiger partial charge in [0.05, 0.1) is 5.56 Å². The molecule has 2 nitrogen and oxygen atoms in total. The molecular weight excluding hydrogens is 265 g/mol. The van der Waals surface area contributed by atoms with Gasteiger partial charge < -0.3 is 5.32 Å². The Hall–Kier alpha value is -1.10. The number of alkyl halides is 3. The van der Waals surface area contributed by atoms with Crippen LogP contribution in [0.15, 0.2) is 18.5 Å². The van der Waals surface area contributed by atoms with Gasteiger partial charge in [-0.1, -0.05) is 26.2 Å². The Morgan fingerprint density at radius 3 is 2.80 bits per heavy atom. The second-order valence-corrected chi connectivity index (χ2v) is 5.49. The fourth-order valence-electron chi connectivity index (χ4n) is 3.17. The van der Waals surface area contributed by atoms with Crippen molar-refractivity contribution in [1.82, 2.24) is 10.3 Å². The molecule has 0 saturated carbocycles. The molecule has 112 valence electrons. The summed E-state index contributed by atoms with van der Waals surface area (Å²) >= 11 is 0. The molecule has 1 unspecified atom stereocenters. The van der Waals surface area contributed by atoms with Gasteiger partial charge in [-0.2, -0.15) is 13.2 Å². The second kappa shape index (κ2) is 6.12. The van der Waals surface area contributed by atoms with Crippen molar-refractivity contribution < 1.29 is 13.2 Å². The normalized spacial score (nSPS) is 24.4. The Labute approximate surface area is 117 Å². The predicted molar refractivity (Wildman–Crippen MR) is 72.3 cm³/mol. The van der Waals surface area contributed by atoms with Gasteiger partial charge in [0, 0.05) is 23.5 Å². The van der Waals surface area contributed by atoms with E-state index in [0.29, 0.717) is 12.0 Å². The highest BCUT2D eigenvalue weighted by molar-refractivity contribution is 5.33. The number of hydrogen-bond acceptors (Lipinski definition) is 2. The molecule has 1 aliphatic heterocycles. The third-order valence-corrected chi connectivity index (χ3v) is 4.06. The third-order valence-electron chi connectivity index (χ3n) is 4.06. The van der Waals surface area contributed by atoms with Crippen LogP contribution in [0.5, 0.6) is 0 Å². The SMILES string of the molecule is CCCC1(c2cnccc2C(F)(F)F)CCCCCN1. The summed E-state index contributed by atoms with van der Waals surface area (Å²) in [5.41, 5.74) is -0.809. The lowest BCUT2D eigenvalue weighted by atomic mass is 9.80. The minimum Gasteiger partial charge on any atom is -0.307 e. The molecule has 5 heteroatoms. The van der Waals surface area contributed by atoms with E-state index in [9.17, 15) is 13.2 Å². The number of aromatic nitrogens is 1. The van der Waals surface area contributed by atoms with E-state index >= 15 is 0 Å². The van der Waals surface area contributed by atoms with Gasteiger partial charge in [0.25, 0.3) is 0 Å². The second-order valence-electron chi connectivity index (χ2n) is 5.49. The summed E-state index contributed by atoms with van der Waals surface area (Å²) in [6.45, 7) is 2.78. The summed E-state index contributed by atoms with van der Waals surface area (Å²) in [5, 5.41) is 3.38. The summed E-state index contributed by atoms with van der Waals surface area (Å²) in [7, 11) is 0. The number of nitrogens with one attached hydrogen (secondary N) is 1. The van der Waals surface area contributed by atoms with Crippen molar-refractivity contribution in [2.24, 2.45) is 0 Å². The maximum atomic E-state index is 13.3. The number of hydrogen-bond donors (Lipinski definition) is 1. The van der Waals surface area contributed by atoms with Crippen LogP contribution in [0, 0.1) is 0 Å². The maximum Gasteiger partial charge on any atom is 0.416 e. The summed E-state index contributed by atoms with van der Waals surface area (Å²) in [6, 6.07) is 1.10. The molecule has 0 aliphatic carbocycles. The van der Waals surface area contributed by atoms with Crippen molar-refractivity contribution in [3.05, 3.63) is 29.6 Å². The van der Waals surface area contributed by atoms with Gasteiger partial charge in [-0.25, -0.2) is 0 Å². The molecule has 20 heavy (non-hydrogen) atoms. The minimum absolute atomic E-state index is 0.316. The standard InChI is InChI=1S/C15H21F3N2/c1-2-7-14(8-4-3-5-9-20-14)13-11-19-10-6-12(13)15(16,17)18/h6,10-11,20H,2-5,7-9H2,1H3. The van der Waals surface area contributed by atoms with E-state index in [-0.39, 0.29) is 0 Å². The van der Waals surface area contributed by atoms with Crippen LogP contribution in [-0.4, -0.2) is 11.5 Å². The fraction of sp³-hybridized carbons (Fsp3) is 0.667. The molecule has 0 bridgehead atoms. The molecule has 2 rings (SSSR count). The average molecular weight is 286 g/mol. The van der Waals surface area contributed by atoms with Crippen molar-refractivity contribution in [1.29, 1.82) is 0 Å². The smallest absolute Gasteiger partial charge is 0.307 e. The van der Waals surface area contributed by atoms with Crippen LogP contribution in [0.3, 0.4) is 0 Å². The molecule has 1 atom stereocenters. The lowest BCUT2D eigenvalue weighted by Gasteiger charge is -2.36. The number of rotatable bonds is 3. The average Bonchev–Trinajstić information content (AvgIpc) is 2.65. The van der Waals surface area contributed by atoms with Gasteiger partial charge in [-0.3, -0.25) is 4.98 Å². The van der Waals surface area contributed by atoms with Crippen LogP contribution in [0.4, 0.5) is 13.2 Å². The minimum atomic E-state index is -4.33. The number of halogens is 3. The predicted octanol–water partition coefficient (Wildman–Crippen LogP) is 4.26. The van der Waals surface area contributed by atoms with Crippen molar-refractivity contribution in [3.8, 4) is 0 Å². The fourth-order valence-corrected chi connectivity index (χ4v) is 3.17. The van der Waals surface area contributed by atoms with E-state index in [1.165, 1.54) is 12.4 Å². The van der Waals surface area contributed by atoms with Crippen LogP contribution in [0.1, 0.15) is 56.6 Å². The van der Waals surface area contributed by atoms with Crippen LogP contribution in [0.25, 0.3) is 0 Å². The molecule has 1 N–H and O–H groups in total. The van der Waals surface area contributed by atoms with E-state index in [1.54, 1.807) is 0 Å². The first kappa shape index (κ1) is 15.3. The zero-order valence-corrected chi connectivity index (χ0v) is 11.8. The van der Waals surface area contributed by atoms with Gasteiger partial charge in [0.2, 0.25) is 0 Å². The Morgan fingerprint density at radius 1 is 1.30 bits per heavy atom. The van der Waals surface area contributed by atoms with Crippen LogP contribution in [-0.2, 0) is 11.7 Å². The van der Waals surface area contributed by atoms with Crippen molar-refractivity contribution >= 4 is 0 Å². The molecule has 2 heterocycles. The van der Waals surface area contributed by atoms with Crippen molar-refractivity contribution in [3.63, 3.8) is 0 Å². The van der Waals surface area contributed by atoms with E-state index < -0.39 is 17.3 Å². The maximum absolute atomic E-state index is 13.3. The summed E-state index contributed by atoms with van der Waals surface area (Å²) in [4.78, 5) is 3.95. The third kappa shape index (κ3) is 3.14. The molecule has 1 aliphatic rings. The van der Waals surface area contributed by atoms with E-state index in [1.807, 2.05) is 6.92 Å². The zero-order valence-electron chi connectivity index (χ0n) is 11.8. The first-order valence-electron chi connectivity index (χ1n) is 7.26. The van der Waals surface area contributed by atoms with Gasteiger partial charge in [-0.15, -0.1) is 0 Å². The Morgan fingerprint density at radius 2 is 2.10 bits per heavy atom. The molecule has 1 saturated heterocycles. The molecule has 1 fully saturated rings. The van der Waals surface area contributed by atoms with Crippen LogP contribution in [0.2, 0.25) is 0 Å². The topological polar surface area (TPSA) is 24.9 Å². The summed E-state index contributed by atoms with van der Waals surface area (Å²) < 4.78 is 39.8. The molecule has 0 amide bonds. The van der Waals surface area contributed by atoms with Gasteiger partial charge in [-0.05, 0) is 31.9 Å². The lowest BCUT2D eigenvalue weighted by molar-refractivity contribution is -0.139. The molecule has 0 spiro atoms.